The third-order valence-corrected chi connectivity index (χ3v) is 2.18. The van der Waals surface area contributed by atoms with Crippen LogP contribution in [-0.2, 0) is 6.54 Å². The van der Waals surface area contributed by atoms with Crippen LogP contribution in [0.15, 0.2) is 0 Å². The van der Waals surface area contributed by atoms with Gasteiger partial charge in [-0.05, 0) is 26.8 Å². The Balaban J connectivity index is 3.07. The Morgan fingerprint density at radius 1 is 1.29 bits per heavy atom. The van der Waals surface area contributed by atoms with Gasteiger partial charge < -0.3 is 5.32 Å². The number of rotatable bonds is 4. The Hall–Kier alpha value is -0.900. The van der Waals surface area contributed by atoms with Crippen molar-refractivity contribution in [2.24, 2.45) is 0 Å². The number of hydrogen-bond donors (Lipinski definition) is 1. The molecule has 80 valence electrons. The molecule has 1 aromatic heterocycles. The Labute approximate surface area is 85.7 Å². The van der Waals surface area contributed by atoms with Crippen LogP contribution >= 0.6 is 0 Å². The van der Waals surface area contributed by atoms with Crippen molar-refractivity contribution in [2.45, 2.75) is 46.2 Å². The molecule has 1 heterocycles. The highest BCUT2D eigenvalue weighted by Crippen LogP contribution is 2.20. The van der Waals surface area contributed by atoms with E-state index < -0.39 is 0 Å². The fourth-order valence-corrected chi connectivity index (χ4v) is 1.61. The van der Waals surface area contributed by atoms with E-state index in [1.165, 1.54) is 5.69 Å². The van der Waals surface area contributed by atoms with Crippen molar-refractivity contribution in [1.82, 2.24) is 20.3 Å². The lowest BCUT2D eigenvalue weighted by atomic mass is 10.1. The summed E-state index contributed by atoms with van der Waals surface area (Å²) in [5, 5.41) is 11.5. The van der Waals surface area contributed by atoms with Crippen LogP contribution < -0.4 is 5.32 Å². The molecule has 4 heteroatoms. The highest BCUT2D eigenvalue weighted by molar-refractivity contribution is 5.14. The molecule has 0 spiro atoms. The monoisotopic (exact) mass is 196 g/mol. The lowest BCUT2D eigenvalue weighted by molar-refractivity contribution is 0.484. The summed E-state index contributed by atoms with van der Waals surface area (Å²) in [4.78, 5) is 0. The predicted molar refractivity (Wildman–Crippen MR) is 57.3 cm³/mol. The van der Waals surface area contributed by atoms with Gasteiger partial charge in [0.2, 0.25) is 0 Å². The average molecular weight is 196 g/mol. The molecule has 0 aliphatic heterocycles. The zero-order chi connectivity index (χ0) is 10.7. The van der Waals surface area contributed by atoms with Gasteiger partial charge in [0.15, 0.2) is 0 Å². The number of hydrogen-bond acceptors (Lipinski definition) is 3. The molecule has 0 aliphatic carbocycles. The van der Waals surface area contributed by atoms with Crippen molar-refractivity contribution in [3.8, 4) is 0 Å². The summed E-state index contributed by atoms with van der Waals surface area (Å²) < 4.78 is 2.01. The summed E-state index contributed by atoms with van der Waals surface area (Å²) in [5.41, 5.74) is 2.31. The van der Waals surface area contributed by atoms with Crippen LogP contribution in [0.25, 0.3) is 0 Å². The molecule has 0 saturated heterocycles. The maximum Gasteiger partial charge on any atom is 0.0999 e. The van der Waals surface area contributed by atoms with E-state index in [9.17, 15) is 0 Å². The molecule has 0 atom stereocenters. The fraction of sp³-hybridized carbons (Fsp3) is 0.800. The largest absolute Gasteiger partial charge is 0.314 e. The van der Waals surface area contributed by atoms with Gasteiger partial charge in [-0.15, -0.1) is 5.10 Å². The van der Waals surface area contributed by atoms with Gasteiger partial charge in [0, 0.05) is 12.6 Å². The van der Waals surface area contributed by atoms with Gasteiger partial charge in [-0.25, -0.2) is 4.68 Å². The van der Waals surface area contributed by atoms with E-state index in [4.69, 9.17) is 0 Å². The van der Waals surface area contributed by atoms with Crippen LogP contribution in [0.3, 0.4) is 0 Å². The minimum atomic E-state index is 0.380. The number of nitrogens with zero attached hydrogens (tertiary/aromatic N) is 3. The summed E-state index contributed by atoms with van der Waals surface area (Å²) in [5.74, 6) is 0.468. The number of aromatic nitrogens is 3. The topological polar surface area (TPSA) is 42.7 Å². The second-order valence-corrected chi connectivity index (χ2v) is 4.14. The van der Waals surface area contributed by atoms with Crippen molar-refractivity contribution in [1.29, 1.82) is 0 Å². The van der Waals surface area contributed by atoms with Crippen molar-refractivity contribution in [3.63, 3.8) is 0 Å². The summed E-state index contributed by atoms with van der Waals surface area (Å²) in [6.07, 6.45) is 0. The Morgan fingerprint density at radius 2 is 1.93 bits per heavy atom. The summed E-state index contributed by atoms with van der Waals surface area (Å²) in [7, 11) is 1.93. The van der Waals surface area contributed by atoms with Gasteiger partial charge in [0.05, 0.1) is 11.4 Å². The van der Waals surface area contributed by atoms with Gasteiger partial charge in [-0.3, -0.25) is 0 Å². The molecule has 1 N–H and O–H groups in total. The molecular formula is C10H20N4. The lowest BCUT2D eigenvalue weighted by Crippen LogP contribution is -2.12. The Bertz CT molecular complexity index is 288. The summed E-state index contributed by atoms with van der Waals surface area (Å²) in [6.45, 7) is 9.40. The highest BCUT2D eigenvalue weighted by Gasteiger charge is 2.16. The van der Waals surface area contributed by atoms with E-state index in [-0.39, 0.29) is 0 Å². The van der Waals surface area contributed by atoms with Gasteiger partial charge in [0.25, 0.3) is 0 Å². The zero-order valence-electron chi connectivity index (χ0n) is 9.70. The Kier molecular flexibility index (Phi) is 3.63. The molecule has 1 aromatic rings. The molecule has 0 amide bonds. The molecule has 0 saturated carbocycles. The molecule has 14 heavy (non-hydrogen) atoms. The first-order valence-corrected chi connectivity index (χ1v) is 5.16. The van der Waals surface area contributed by atoms with E-state index in [0.717, 1.165) is 12.2 Å². The zero-order valence-corrected chi connectivity index (χ0v) is 9.70. The highest BCUT2D eigenvalue weighted by atomic mass is 15.4. The van der Waals surface area contributed by atoms with Crippen LogP contribution in [0.5, 0.6) is 0 Å². The molecule has 0 radical (unpaired) electrons. The second kappa shape index (κ2) is 4.55. The lowest BCUT2D eigenvalue weighted by Gasteiger charge is -2.13. The molecule has 4 nitrogen and oxygen atoms in total. The second-order valence-electron chi connectivity index (χ2n) is 4.14. The molecule has 0 aromatic carbocycles. The molecule has 0 bridgehead atoms. The third kappa shape index (κ3) is 2.12. The van der Waals surface area contributed by atoms with E-state index in [1.807, 2.05) is 11.7 Å². The fourth-order valence-electron chi connectivity index (χ4n) is 1.61. The van der Waals surface area contributed by atoms with Crippen LogP contribution in [0.4, 0.5) is 0 Å². The van der Waals surface area contributed by atoms with Gasteiger partial charge >= 0.3 is 0 Å². The molecule has 0 unspecified atom stereocenters. The van der Waals surface area contributed by atoms with Gasteiger partial charge in [0.1, 0.15) is 0 Å². The number of nitrogens with one attached hydrogen (secondary N) is 1. The minimum absolute atomic E-state index is 0.380. The van der Waals surface area contributed by atoms with Crippen molar-refractivity contribution in [3.05, 3.63) is 11.4 Å². The minimum Gasteiger partial charge on any atom is -0.314 e. The quantitative estimate of drug-likeness (QED) is 0.797. The van der Waals surface area contributed by atoms with Gasteiger partial charge in [-0.2, -0.15) is 0 Å². The van der Waals surface area contributed by atoms with Crippen LogP contribution in [-0.4, -0.2) is 22.0 Å². The smallest absolute Gasteiger partial charge is 0.0999 e. The van der Waals surface area contributed by atoms with E-state index in [1.54, 1.807) is 0 Å². The van der Waals surface area contributed by atoms with Crippen molar-refractivity contribution < 1.29 is 0 Å². The first-order chi connectivity index (χ1) is 6.57. The summed E-state index contributed by atoms with van der Waals surface area (Å²) in [6, 6.07) is 0.380. The Morgan fingerprint density at radius 3 is 2.36 bits per heavy atom. The first-order valence-electron chi connectivity index (χ1n) is 5.16. The normalized spacial score (nSPS) is 11.6. The summed E-state index contributed by atoms with van der Waals surface area (Å²) >= 11 is 0. The maximum absolute atomic E-state index is 4.20. The van der Waals surface area contributed by atoms with Crippen LogP contribution in [0.2, 0.25) is 0 Å². The van der Waals surface area contributed by atoms with Crippen LogP contribution in [0, 0.1) is 0 Å². The van der Waals surface area contributed by atoms with Crippen molar-refractivity contribution in [2.75, 3.05) is 7.05 Å². The third-order valence-electron chi connectivity index (χ3n) is 2.18. The molecular weight excluding hydrogens is 176 g/mol. The molecule has 0 aliphatic rings. The van der Waals surface area contributed by atoms with Crippen molar-refractivity contribution >= 4 is 0 Å². The first kappa shape index (κ1) is 11.2. The maximum atomic E-state index is 4.20. The molecule has 1 rings (SSSR count). The van der Waals surface area contributed by atoms with E-state index in [2.05, 4.69) is 43.3 Å². The standard InChI is InChI=1S/C10H20N4/c1-7(2)10-9(6-11-5)12-13-14(10)8(3)4/h7-8,11H,6H2,1-5H3. The van der Waals surface area contributed by atoms with E-state index >= 15 is 0 Å². The average Bonchev–Trinajstić information content (AvgIpc) is 2.48. The van der Waals surface area contributed by atoms with Gasteiger partial charge in [-0.1, -0.05) is 19.1 Å². The SMILES string of the molecule is CNCc1nnn(C(C)C)c1C(C)C. The van der Waals surface area contributed by atoms with Crippen LogP contribution in [0.1, 0.15) is 51.0 Å². The molecule has 0 fully saturated rings. The van der Waals surface area contributed by atoms with E-state index in [0.29, 0.717) is 12.0 Å². The predicted octanol–water partition coefficient (Wildman–Crippen LogP) is 1.70.